The van der Waals surface area contributed by atoms with Crippen LogP contribution in [-0.2, 0) is 19.4 Å². The molecule has 0 radical (unpaired) electrons. The van der Waals surface area contributed by atoms with E-state index >= 15 is 0 Å². The van der Waals surface area contributed by atoms with Crippen molar-refractivity contribution in [1.29, 1.82) is 0 Å². The van der Waals surface area contributed by atoms with Gasteiger partial charge >= 0.3 is 11.9 Å². The van der Waals surface area contributed by atoms with Crippen molar-refractivity contribution in [2.45, 2.75) is 20.3 Å². The van der Waals surface area contributed by atoms with Gasteiger partial charge in [0.15, 0.2) is 0 Å². The summed E-state index contributed by atoms with van der Waals surface area (Å²) >= 11 is 0. The standard InChI is InChI=1S/C8H12O5/c1-3-6(5-7(9)10)8(11)13-12-4-2/h5H,3-4H2,1-2H3,(H,9,10). The van der Waals surface area contributed by atoms with Crippen LogP contribution in [-0.4, -0.2) is 23.7 Å². The number of carboxylic acid groups (broad SMARTS) is 1. The molecular weight excluding hydrogens is 176 g/mol. The molecule has 0 heterocycles. The minimum Gasteiger partial charge on any atom is -0.478 e. The third-order valence-electron chi connectivity index (χ3n) is 1.19. The van der Waals surface area contributed by atoms with Gasteiger partial charge in [-0.25, -0.2) is 9.59 Å². The van der Waals surface area contributed by atoms with E-state index in [1.54, 1.807) is 13.8 Å². The third kappa shape index (κ3) is 4.97. The van der Waals surface area contributed by atoms with E-state index in [2.05, 4.69) is 9.78 Å². The predicted octanol–water partition coefficient (Wildman–Crippen LogP) is 0.902. The van der Waals surface area contributed by atoms with Crippen LogP contribution in [0.2, 0.25) is 0 Å². The normalized spacial score (nSPS) is 11.1. The smallest absolute Gasteiger partial charge is 0.369 e. The fourth-order valence-electron chi connectivity index (χ4n) is 0.620. The molecule has 0 spiro atoms. The van der Waals surface area contributed by atoms with E-state index in [1.165, 1.54) is 0 Å². The Morgan fingerprint density at radius 3 is 2.38 bits per heavy atom. The van der Waals surface area contributed by atoms with E-state index in [9.17, 15) is 9.59 Å². The van der Waals surface area contributed by atoms with E-state index in [0.29, 0.717) is 0 Å². The van der Waals surface area contributed by atoms with Crippen molar-refractivity contribution in [3.8, 4) is 0 Å². The zero-order valence-electron chi connectivity index (χ0n) is 7.57. The summed E-state index contributed by atoms with van der Waals surface area (Å²) < 4.78 is 0. The van der Waals surface area contributed by atoms with Crippen molar-refractivity contribution >= 4 is 11.9 Å². The molecule has 0 aromatic rings. The molecule has 13 heavy (non-hydrogen) atoms. The summed E-state index contributed by atoms with van der Waals surface area (Å²) in [6, 6.07) is 0. The molecule has 0 amide bonds. The van der Waals surface area contributed by atoms with Crippen molar-refractivity contribution in [2.24, 2.45) is 0 Å². The van der Waals surface area contributed by atoms with Crippen LogP contribution < -0.4 is 0 Å². The first-order valence-electron chi connectivity index (χ1n) is 3.89. The van der Waals surface area contributed by atoms with Crippen LogP contribution in [0.4, 0.5) is 0 Å². The van der Waals surface area contributed by atoms with Crippen LogP contribution >= 0.6 is 0 Å². The number of carbonyl (C=O) groups is 2. The first kappa shape index (κ1) is 11.6. The van der Waals surface area contributed by atoms with Gasteiger partial charge in [-0.1, -0.05) is 6.92 Å². The molecule has 0 saturated heterocycles. The Morgan fingerprint density at radius 2 is 2.00 bits per heavy atom. The lowest BCUT2D eigenvalue weighted by molar-refractivity contribution is -0.265. The van der Waals surface area contributed by atoms with Crippen LogP contribution in [0.5, 0.6) is 0 Å². The van der Waals surface area contributed by atoms with E-state index < -0.39 is 11.9 Å². The fourth-order valence-corrected chi connectivity index (χ4v) is 0.620. The van der Waals surface area contributed by atoms with Crippen LogP contribution in [0.15, 0.2) is 11.6 Å². The van der Waals surface area contributed by atoms with Gasteiger partial charge in [-0.3, -0.25) is 4.89 Å². The van der Waals surface area contributed by atoms with Crippen molar-refractivity contribution in [3.05, 3.63) is 11.6 Å². The highest BCUT2D eigenvalue weighted by Gasteiger charge is 2.11. The molecule has 0 aromatic carbocycles. The largest absolute Gasteiger partial charge is 0.478 e. The monoisotopic (exact) mass is 188 g/mol. The average molecular weight is 188 g/mol. The lowest BCUT2D eigenvalue weighted by Gasteiger charge is -2.02. The van der Waals surface area contributed by atoms with E-state index in [0.717, 1.165) is 6.08 Å². The first-order valence-corrected chi connectivity index (χ1v) is 3.89. The van der Waals surface area contributed by atoms with Gasteiger partial charge in [0.25, 0.3) is 0 Å². The summed E-state index contributed by atoms with van der Waals surface area (Å²) in [6.45, 7) is 3.54. The minimum atomic E-state index is -1.18. The molecule has 5 nitrogen and oxygen atoms in total. The molecule has 5 heteroatoms. The highest BCUT2D eigenvalue weighted by molar-refractivity contribution is 5.95. The van der Waals surface area contributed by atoms with Gasteiger partial charge in [-0.2, -0.15) is 4.89 Å². The summed E-state index contributed by atoms with van der Waals surface area (Å²) in [7, 11) is 0. The van der Waals surface area contributed by atoms with E-state index in [1.807, 2.05) is 0 Å². The summed E-state index contributed by atoms with van der Waals surface area (Å²) in [5, 5.41) is 8.36. The maximum Gasteiger partial charge on any atom is 0.369 e. The second kappa shape index (κ2) is 6.19. The second-order valence-corrected chi connectivity index (χ2v) is 2.14. The fraction of sp³-hybridized carbons (Fsp3) is 0.500. The SMILES string of the molecule is CCOOC(=O)C(=CC(=O)O)CC. The molecule has 0 aliphatic rings. The summed E-state index contributed by atoms with van der Waals surface area (Å²) in [6.07, 6.45) is 1.10. The van der Waals surface area contributed by atoms with Crippen LogP contribution in [0.25, 0.3) is 0 Å². The molecule has 0 aliphatic carbocycles. The number of rotatable bonds is 5. The Hall–Kier alpha value is -1.36. The summed E-state index contributed by atoms with van der Waals surface area (Å²) in [5.41, 5.74) is 0.0703. The molecular formula is C8H12O5. The van der Waals surface area contributed by atoms with Crippen molar-refractivity contribution in [3.63, 3.8) is 0 Å². The van der Waals surface area contributed by atoms with Gasteiger partial charge in [-0.05, 0) is 13.3 Å². The molecule has 74 valence electrons. The molecule has 0 atom stereocenters. The Morgan fingerprint density at radius 1 is 1.38 bits per heavy atom. The van der Waals surface area contributed by atoms with Crippen molar-refractivity contribution < 1.29 is 24.5 Å². The summed E-state index contributed by atoms with van der Waals surface area (Å²) in [4.78, 5) is 29.9. The van der Waals surface area contributed by atoms with Crippen molar-refractivity contribution in [1.82, 2.24) is 0 Å². The maximum atomic E-state index is 11.0. The van der Waals surface area contributed by atoms with Gasteiger partial charge in [-0.15, -0.1) is 0 Å². The molecule has 1 N–H and O–H groups in total. The Kier molecular flexibility index (Phi) is 5.54. The van der Waals surface area contributed by atoms with Crippen molar-refractivity contribution in [2.75, 3.05) is 6.61 Å². The minimum absolute atomic E-state index is 0.0703. The Balaban J connectivity index is 4.23. The van der Waals surface area contributed by atoms with Crippen LogP contribution in [0, 0.1) is 0 Å². The lowest BCUT2D eigenvalue weighted by atomic mass is 10.2. The van der Waals surface area contributed by atoms with Gasteiger partial charge in [0.05, 0.1) is 6.61 Å². The zero-order chi connectivity index (χ0) is 10.3. The molecule has 0 aromatic heterocycles. The predicted molar refractivity (Wildman–Crippen MR) is 43.7 cm³/mol. The first-order chi connectivity index (χ1) is 6.11. The zero-order valence-corrected chi connectivity index (χ0v) is 7.57. The van der Waals surface area contributed by atoms with Crippen LogP contribution in [0.1, 0.15) is 20.3 Å². The lowest BCUT2D eigenvalue weighted by Crippen LogP contribution is -2.09. The number of hydrogen-bond acceptors (Lipinski definition) is 4. The molecule has 0 bridgehead atoms. The second-order valence-electron chi connectivity index (χ2n) is 2.14. The van der Waals surface area contributed by atoms with Gasteiger partial charge < -0.3 is 5.11 Å². The average Bonchev–Trinajstić information content (AvgIpc) is 2.09. The summed E-state index contributed by atoms with van der Waals surface area (Å²) in [5.74, 6) is -1.93. The highest BCUT2D eigenvalue weighted by atomic mass is 17.2. The molecule has 0 rings (SSSR count). The quantitative estimate of drug-likeness (QED) is 0.394. The van der Waals surface area contributed by atoms with Crippen LogP contribution in [0.3, 0.4) is 0 Å². The highest BCUT2D eigenvalue weighted by Crippen LogP contribution is 2.03. The number of aliphatic carboxylic acids is 1. The van der Waals surface area contributed by atoms with Gasteiger partial charge in [0.2, 0.25) is 0 Å². The number of hydrogen-bond donors (Lipinski definition) is 1. The maximum absolute atomic E-state index is 11.0. The molecule has 0 unspecified atom stereocenters. The topological polar surface area (TPSA) is 72.8 Å². The molecule has 0 saturated carbocycles. The molecule has 0 fully saturated rings. The number of carbonyl (C=O) groups excluding carboxylic acids is 1. The third-order valence-corrected chi connectivity index (χ3v) is 1.19. The number of carboxylic acids is 1. The Bertz CT molecular complexity index is 219. The van der Waals surface area contributed by atoms with E-state index in [-0.39, 0.29) is 18.6 Å². The molecule has 0 aliphatic heterocycles. The van der Waals surface area contributed by atoms with Gasteiger partial charge in [0, 0.05) is 11.6 Å². The van der Waals surface area contributed by atoms with Gasteiger partial charge in [0.1, 0.15) is 0 Å². The Labute approximate surface area is 75.9 Å². The van der Waals surface area contributed by atoms with E-state index in [4.69, 9.17) is 5.11 Å².